The van der Waals surface area contributed by atoms with Gasteiger partial charge in [0.15, 0.2) is 5.11 Å². The molecule has 0 bridgehead atoms. The summed E-state index contributed by atoms with van der Waals surface area (Å²) in [5.74, 6) is -3.14. The molecule has 0 atom stereocenters. The Labute approximate surface area is 84.6 Å². The molecule has 0 aliphatic rings. The zero-order valence-corrected chi connectivity index (χ0v) is 7.89. The molecule has 0 aromatic heterocycles. The van der Waals surface area contributed by atoms with Crippen LogP contribution in [0.2, 0.25) is 0 Å². The third-order valence-electron chi connectivity index (χ3n) is 1.14. The van der Waals surface area contributed by atoms with Crippen LogP contribution in [0.3, 0.4) is 0 Å². The van der Waals surface area contributed by atoms with Gasteiger partial charge in [-0.15, -0.1) is 0 Å². The predicted molar refractivity (Wildman–Crippen MR) is 49.9 cm³/mol. The van der Waals surface area contributed by atoms with Crippen molar-refractivity contribution < 1.29 is 19.5 Å². The lowest BCUT2D eigenvalue weighted by molar-refractivity contribution is -0.149. The molecule has 0 aromatic carbocycles. The van der Waals surface area contributed by atoms with E-state index in [0.717, 1.165) is 0 Å². The van der Waals surface area contributed by atoms with Crippen molar-refractivity contribution in [1.82, 2.24) is 10.9 Å². The summed E-state index contributed by atoms with van der Waals surface area (Å²) in [5, 5.41) is 8.05. The number of carboxylic acids is 1. The van der Waals surface area contributed by atoms with Crippen LogP contribution >= 0.6 is 12.2 Å². The average Bonchev–Trinajstić information content (AvgIpc) is 2.10. The van der Waals surface area contributed by atoms with Crippen molar-refractivity contribution in [1.29, 1.82) is 0 Å². The van der Waals surface area contributed by atoms with Crippen molar-refractivity contribution in [3.05, 3.63) is 0 Å². The molecule has 0 saturated carbocycles. The normalized spacial score (nSPS) is 8.86. The van der Waals surface area contributed by atoms with Crippen LogP contribution in [0.5, 0.6) is 0 Å². The number of hydrazine groups is 1. The summed E-state index contributed by atoms with van der Waals surface area (Å²) in [6.45, 7) is 0. The molecule has 0 aliphatic carbocycles. The molecular formula is C6H9N3O4S. The van der Waals surface area contributed by atoms with E-state index in [1.807, 2.05) is 0 Å². The molecule has 8 heteroatoms. The van der Waals surface area contributed by atoms with Crippen molar-refractivity contribution in [3.63, 3.8) is 0 Å². The topological polar surface area (TPSA) is 122 Å². The maximum Gasteiger partial charge on any atom is 0.372 e. The largest absolute Gasteiger partial charge is 0.476 e. The van der Waals surface area contributed by atoms with E-state index in [1.54, 1.807) is 0 Å². The lowest BCUT2D eigenvalue weighted by Gasteiger charge is -2.04. The van der Waals surface area contributed by atoms with Crippen LogP contribution in [0.1, 0.15) is 12.8 Å². The summed E-state index contributed by atoms with van der Waals surface area (Å²) in [5.41, 5.74) is 9.21. The second kappa shape index (κ2) is 5.86. The lowest BCUT2D eigenvalue weighted by Crippen LogP contribution is -2.44. The van der Waals surface area contributed by atoms with E-state index in [2.05, 4.69) is 23.1 Å². The highest BCUT2D eigenvalue weighted by molar-refractivity contribution is 7.80. The fourth-order valence-corrected chi connectivity index (χ4v) is 0.579. The Morgan fingerprint density at radius 2 is 1.79 bits per heavy atom. The summed E-state index contributed by atoms with van der Waals surface area (Å²) < 4.78 is 0. The van der Waals surface area contributed by atoms with Crippen LogP contribution in [-0.4, -0.2) is 27.9 Å². The van der Waals surface area contributed by atoms with Gasteiger partial charge in [-0.3, -0.25) is 20.4 Å². The van der Waals surface area contributed by atoms with Gasteiger partial charge in [-0.1, -0.05) is 0 Å². The van der Waals surface area contributed by atoms with E-state index in [9.17, 15) is 14.4 Å². The molecule has 14 heavy (non-hydrogen) atoms. The molecule has 0 fully saturated rings. The third kappa shape index (κ3) is 5.89. The van der Waals surface area contributed by atoms with Crippen LogP contribution in [0.15, 0.2) is 0 Å². The van der Waals surface area contributed by atoms with E-state index in [4.69, 9.17) is 10.8 Å². The molecule has 0 unspecified atom stereocenters. The van der Waals surface area contributed by atoms with E-state index in [-0.39, 0.29) is 18.0 Å². The Morgan fingerprint density at radius 3 is 2.21 bits per heavy atom. The van der Waals surface area contributed by atoms with Gasteiger partial charge >= 0.3 is 5.97 Å². The maximum absolute atomic E-state index is 10.8. The SMILES string of the molecule is NC(=S)NNC(=O)CCC(=O)C(=O)O. The van der Waals surface area contributed by atoms with Gasteiger partial charge in [0, 0.05) is 12.8 Å². The van der Waals surface area contributed by atoms with Gasteiger partial charge < -0.3 is 10.8 Å². The molecule has 7 nitrogen and oxygen atoms in total. The number of amides is 1. The quantitative estimate of drug-likeness (QED) is 0.252. The molecule has 5 N–H and O–H groups in total. The van der Waals surface area contributed by atoms with E-state index in [1.165, 1.54) is 0 Å². The van der Waals surface area contributed by atoms with E-state index < -0.39 is 17.7 Å². The van der Waals surface area contributed by atoms with E-state index in [0.29, 0.717) is 0 Å². The molecular weight excluding hydrogens is 210 g/mol. The highest BCUT2D eigenvalue weighted by Crippen LogP contribution is 1.90. The number of thiocarbonyl (C=S) groups is 1. The molecule has 0 heterocycles. The number of hydrogen-bond acceptors (Lipinski definition) is 4. The standard InChI is InChI=1S/C6H9N3O4S/c7-6(14)9-8-4(11)2-1-3(10)5(12)13/h1-2H2,(H,8,11)(H,12,13)(H3,7,9,14). The van der Waals surface area contributed by atoms with Crippen LogP contribution in [0, 0.1) is 0 Å². The first-order chi connectivity index (χ1) is 6.43. The zero-order valence-electron chi connectivity index (χ0n) is 7.07. The molecule has 0 aromatic rings. The maximum atomic E-state index is 10.8. The summed E-state index contributed by atoms with van der Waals surface area (Å²) in [7, 11) is 0. The fraction of sp³-hybridized carbons (Fsp3) is 0.333. The van der Waals surface area contributed by atoms with Gasteiger partial charge in [0.2, 0.25) is 11.7 Å². The third-order valence-corrected chi connectivity index (χ3v) is 1.24. The average molecular weight is 219 g/mol. The van der Waals surface area contributed by atoms with Crippen LogP contribution < -0.4 is 16.6 Å². The number of nitrogens with one attached hydrogen (secondary N) is 2. The van der Waals surface area contributed by atoms with Gasteiger partial charge in [0.25, 0.3) is 0 Å². The summed E-state index contributed by atoms with van der Waals surface area (Å²) >= 11 is 4.38. The molecule has 0 saturated heterocycles. The van der Waals surface area contributed by atoms with Crippen LogP contribution in [0.25, 0.3) is 0 Å². The van der Waals surface area contributed by atoms with Gasteiger partial charge in [0.05, 0.1) is 0 Å². The van der Waals surface area contributed by atoms with E-state index >= 15 is 0 Å². The molecule has 78 valence electrons. The minimum atomic E-state index is -1.56. The summed E-state index contributed by atoms with van der Waals surface area (Å²) in [4.78, 5) is 31.4. The van der Waals surface area contributed by atoms with Crippen LogP contribution in [-0.2, 0) is 14.4 Å². The minimum Gasteiger partial charge on any atom is -0.476 e. The Kier molecular flexibility index (Phi) is 5.15. The highest BCUT2D eigenvalue weighted by atomic mass is 32.1. The smallest absolute Gasteiger partial charge is 0.372 e. The first-order valence-electron chi connectivity index (χ1n) is 3.54. The predicted octanol–water partition coefficient (Wildman–Crippen LogP) is -1.72. The number of carbonyl (C=O) groups is 3. The molecule has 0 spiro atoms. The highest BCUT2D eigenvalue weighted by Gasteiger charge is 2.13. The first kappa shape index (κ1) is 12.3. The number of ketones is 1. The van der Waals surface area contributed by atoms with Crippen molar-refractivity contribution >= 4 is 35.0 Å². The van der Waals surface area contributed by atoms with Crippen molar-refractivity contribution in [3.8, 4) is 0 Å². The number of Topliss-reactive ketones (excluding diaryl/α,β-unsaturated/α-hetero) is 1. The molecule has 0 radical (unpaired) electrons. The second-order valence-electron chi connectivity index (χ2n) is 2.27. The number of aliphatic carboxylic acids is 1. The zero-order chi connectivity index (χ0) is 11.1. The van der Waals surface area contributed by atoms with Gasteiger partial charge in [-0.05, 0) is 12.2 Å². The monoisotopic (exact) mass is 219 g/mol. The second-order valence-corrected chi connectivity index (χ2v) is 2.71. The number of nitrogens with two attached hydrogens (primary N) is 1. The Hall–Kier alpha value is -1.70. The Bertz CT molecular complexity index is 278. The number of carbonyl (C=O) groups excluding carboxylic acids is 2. The van der Waals surface area contributed by atoms with Crippen molar-refractivity contribution in [2.45, 2.75) is 12.8 Å². The van der Waals surface area contributed by atoms with Crippen molar-refractivity contribution in [2.75, 3.05) is 0 Å². The Balaban J connectivity index is 3.69. The molecule has 0 aliphatic heterocycles. The number of rotatable bonds is 4. The van der Waals surface area contributed by atoms with Gasteiger partial charge in [-0.2, -0.15) is 0 Å². The molecule has 1 amide bonds. The number of carboxylic acid groups (broad SMARTS) is 1. The first-order valence-corrected chi connectivity index (χ1v) is 3.94. The van der Waals surface area contributed by atoms with Gasteiger partial charge in [-0.25, -0.2) is 4.79 Å². The lowest BCUT2D eigenvalue weighted by atomic mass is 10.2. The number of hydrogen-bond donors (Lipinski definition) is 4. The summed E-state index contributed by atoms with van der Waals surface area (Å²) in [6, 6.07) is 0. The van der Waals surface area contributed by atoms with Gasteiger partial charge in [0.1, 0.15) is 0 Å². The molecule has 0 rings (SSSR count). The van der Waals surface area contributed by atoms with Crippen LogP contribution in [0.4, 0.5) is 0 Å². The Morgan fingerprint density at radius 1 is 1.21 bits per heavy atom. The fourth-order valence-electron chi connectivity index (χ4n) is 0.528. The minimum absolute atomic E-state index is 0.122. The summed E-state index contributed by atoms with van der Waals surface area (Å²) in [6.07, 6.45) is -0.596. The van der Waals surface area contributed by atoms with Crippen molar-refractivity contribution in [2.24, 2.45) is 5.73 Å².